The van der Waals surface area contributed by atoms with Crippen molar-refractivity contribution >= 4 is 14.7 Å². The SMILES string of the molecule is CCc1cccc([Si]Cn2nc(-c3ccccc3)nc2-c2ccccc2)c1. The van der Waals surface area contributed by atoms with Crippen LogP contribution in [0.2, 0.25) is 0 Å². The fourth-order valence-corrected chi connectivity index (χ4v) is 4.08. The summed E-state index contributed by atoms with van der Waals surface area (Å²) in [6, 6.07) is 29.3. The van der Waals surface area contributed by atoms with Gasteiger partial charge in [-0.3, -0.25) is 0 Å². The Labute approximate surface area is 162 Å². The molecule has 0 aliphatic heterocycles. The number of aryl methyl sites for hydroxylation is 1. The van der Waals surface area contributed by atoms with Crippen molar-refractivity contribution in [1.29, 1.82) is 0 Å². The van der Waals surface area contributed by atoms with Gasteiger partial charge in [0.15, 0.2) is 11.6 Å². The van der Waals surface area contributed by atoms with E-state index in [1.54, 1.807) is 0 Å². The zero-order valence-corrected chi connectivity index (χ0v) is 16.3. The molecule has 0 spiro atoms. The van der Waals surface area contributed by atoms with Gasteiger partial charge in [-0.1, -0.05) is 97.0 Å². The molecule has 0 N–H and O–H groups in total. The lowest BCUT2D eigenvalue weighted by Crippen LogP contribution is -2.21. The van der Waals surface area contributed by atoms with Crippen LogP contribution in [0.3, 0.4) is 0 Å². The van der Waals surface area contributed by atoms with Gasteiger partial charge in [-0.2, -0.15) is 5.10 Å². The van der Waals surface area contributed by atoms with Gasteiger partial charge in [-0.25, -0.2) is 9.67 Å². The summed E-state index contributed by atoms with van der Waals surface area (Å²) in [5.74, 6) is 1.70. The third-order valence-electron chi connectivity index (χ3n) is 4.50. The monoisotopic (exact) mass is 367 g/mol. The van der Waals surface area contributed by atoms with Crippen molar-refractivity contribution in [3.63, 3.8) is 0 Å². The summed E-state index contributed by atoms with van der Waals surface area (Å²) in [7, 11) is 0.654. The van der Waals surface area contributed by atoms with E-state index >= 15 is 0 Å². The number of hydrogen-bond acceptors (Lipinski definition) is 2. The molecule has 3 nitrogen and oxygen atoms in total. The molecular formula is C23H21N3Si. The van der Waals surface area contributed by atoms with Crippen LogP contribution in [0.15, 0.2) is 84.9 Å². The molecule has 0 aliphatic rings. The molecule has 0 unspecified atom stereocenters. The quantitative estimate of drug-likeness (QED) is 0.479. The summed E-state index contributed by atoms with van der Waals surface area (Å²) < 4.78 is 2.05. The Morgan fingerprint density at radius 2 is 1.52 bits per heavy atom. The van der Waals surface area contributed by atoms with Crippen LogP contribution in [-0.2, 0) is 12.6 Å². The molecular weight excluding hydrogens is 346 g/mol. The topological polar surface area (TPSA) is 30.7 Å². The Hall–Kier alpha value is -2.98. The first kappa shape index (κ1) is 17.4. The Bertz CT molecular complexity index is 1010. The van der Waals surface area contributed by atoms with Crippen LogP contribution in [0.25, 0.3) is 22.8 Å². The number of hydrogen-bond donors (Lipinski definition) is 0. The Morgan fingerprint density at radius 1 is 0.815 bits per heavy atom. The molecule has 0 saturated heterocycles. The summed E-state index contributed by atoms with van der Waals surface area (Å²) >= 11 is 0. The molecule has 0 aliphatic carbocycles. The minimum Gasteiger partial charge on any atom is -0.248 e. The third kappa shape index (κ3) is 4.06. The maximum Gasteiger partial charge on any atom is 0.181 e. The molecule has 27 heavy (non-hydrogen) atoms. The van der Waals surface area contributed by atoms with E-state index < -0.39 is 0 Å². The highest BCUT2D eigenvalue weighted by atomic mass is 28.2. The van der Waals surface area contributed by atoms with Gasteiger partial charge < -0.3 is 0 Å². The van der Waals surface area contributed by atoms with Crippen molar-refractivity contribution < 1.29 is 0 Å². The largest absolute Gasteiger partial charge is 0.248 e. The smallest absolute Gasteiger partial charge is 0.181 e. The molecule has 132 valence electrons. The van der Waals surface area contributed by atoms with E-state index in [2.05, 4.69) is 60.1 Å². The van der Waals surface area contributed by atoms with Crippen molar-refractivity contribution in [2.75, 3.05) is 0 Å². The highest BCUT2D eigenvalue weighted by Gasteiger charge is 2.13. The first-order valence-corrected chi connectivity index (χ1v) is 10.4. The van der Waals surface area contributed by atoms with E-state index in [4.69, 9.17) is 10.1 Å². The fraction of sp³-hybridized carbons (Fsp3) is 0.130. The van der Waals surface area contributed by atoms with Gasteiger partial charge in [0, 0.05) is 17.3 Å². The normalized spacial score (nSPS) is 10.9. The third-order valence-corrected chi connectivity index (χ3v) is 5.68. The minimum absolute atomic E-state index is 0.654. The van der Waals surface area contributed by atoms with Gasteiger partial charge in [0.05, 0.1) is 0 Å². The van der Waals surface area contributed by atoms with Crippen LogP contribution >= 0.6 is 0 Å². The number of benzene rings is 3. The summed E-state index contributed by atoms with van der Waals surface area (Å²) in [6.07, 6.45) is 1.90. The van der Waals surface area contributed by atoms with E-state index in [1.807, 2.05) is 36.4 Å². The minimum atomic E-state index is 0.654. The number of rotatable bonds is 6. The van der Waals surface area contributed by atoms with Crippen LogP contribution in [0.4, 0.5) is 0 Å². The average molecular weight is 368 g/mol. The van der Waals surface area contributed by atoms with E-state index in [0.29, 0.717) is 9.52 Å². The molecule has 3 aromatic carbocycles. The highest BCUT2D eigenvalue weighted by Crippen LogP contribution is 2.22. The van der Waals surface area contributed by atoms with Crippen molar-refractivity contribution in [3.05, 3.63) is 90.5 Å². The van der Waals surface area contributed by atoms with Gasteiger partial charge in [0.2, 0.25) is 0 Å². The van der Waals surface area contributed by atoms with Crippen molar-refractivity contribution in [3.8, 4) is 22.8 Å². The molecule has 0 amide bonds. The van der Waals surface area contributed by atoms with Crippen molar-refractivity contribution in [2.24, 2.45) is 0 Å². The van der Waals surface area contributed by atoms with Crippen LogP contribution in [0, 0.1) is 0 Å². The maximum absolute atomic E-state index is 4.85. The lowest BCUT2D eigenvalue weighted by atomic mass is 10.2. The van der Waals surface area contributed by atoms with Crippen LogP contribution in [0.5, 0.6) is 0 Å². The van der Waals surface area contributed by atoms with E-state index in [-0.39, 0.29) is 0 Å². The highest BCUT2D eigenvalue weighted by molar-refractivity contribution is 6.52. The molecule has 4 heteroatoms. The zero-order chi connectivity index (χ0) is 18.5. The van der Waals surface area contributed by atoms with Gasteiger partial charge in [0.25, 0.3) is 0 Å². The summed E-state index contributed by atoms with van der Waals surface area (Å²) in [4.78, 5) is 4.85. The molecule has 0 fully saturated rings. The van der Waals surface area contributed by atoms with E-state index in [0.717, 1.165) is 35.4 Å². The molecule has 0 saturated carbocycles. The molecule has 2 radical (unpaired) electrons. The Kier molecular flexibility index (Phi) is 5.26. The second-order valence-electron chi connectivity index (χ2n) is 6.38. The van der Waals surface area contributed by atoms with Crippen molar-refractivity contribution in [2.45, 2.75) is 19.5 Å². The predicted molar refractivity (Wildman–Crippen MR) is 112 cm³/mol. The number of nitrogens with zero attached hydrogens (tertiary/aromatic N) is 3. The summed E-state index contributed by atoms with van der Waals surface area (Å²) in [5.41, 5.74) is 3.52. The molecule has 4 rings (SSSR count). The van der Waals surface area contributed by atoms with Gasteiger partial charge in [-0.05, 0) is 12.0 Å². The van der Waals surface area contributed by atoms with Gasteiger partial charge in [-0.15, -0.1) is 0 Å². The predicted octanol–water partition coefficient (Wildman–Crippen LogP) is 4.16. The standard InChI is InChI=1S/C23H21N3Si/c1-2-18-10-9-15-21(16-18)27-17-26-23(20-13-7-4-8-14-20)24-22(25-26)19-11-5-3-6-12-19/h3-16H,2,17H2,1H3. The lowest BCUT2D eigenvalue weighted by Gasteiger charge is -2.06. The molecule has 0 atom stereocenters. The first-order chi connectivity index (χ1) is 13.3. The second kappa shape index (κ2) is 8.14. The Morgan fingerprint density at radius 3 is 2.22 bits per heavy atom. The second-order valence-corrected chi connectivity index (χ2v) is 7.63. The fourth-order valence-electron chi connectivity index (χ4n) is 3.03. The van der Waals surface area contributed by atoms with E-state index in [1.165, 1.54) is 10.8 Å². The molecule has 1 aromatic heterocycles. The van der Waals surface area contributed by atoms with Crippen molar-refractivity contribution in [1.82, 2.24) is 14.8 Å². The first-order valence-electron chi connectivity index (χ1n) is 9.22. The Balaban J connectivity index is 1.66. The van der Waals surface area contributed by atoms with Crippen LogP contribution in [0.1, 0.15) is 12.5 Å². The number of aromatic nitrogens is 3. The summed E-state index contributed by atoms with van der Waals surface area (Å²) in [5, 5.41) is 6.19. The van der Waals surface area contributed by atoms with E-state index in [9.17, 15) is 0 Å². The summed E-state index contributed by atoms with van der Waals surface area (Å²) in [6.45, 7) is 2.19. The van der Waals surface area contributed by atoms with Crippen LogP contribution in [-0.4, -0.2) is 24.3 Å². The van der Waals surface area contributed by atoms with Gasteiger partial charge >= 0.3 is 0 Å². The maximum atomic E-state index is 4.85. The lowest BCUT2D eigenvalue weighted by molar-refractivity contribution is 0.749. The molecule has 4 aromatic rings. The zero-order valence-electron chi connectivity index (χ0n) is 15.3. The van der Waals surface area contributed by atoms with Gasteiger partial charge in [0.1, 0.15) is 9.52 Å². The molecule has 0 bridgehead atoms. The van der Waals surface area contributed by atoms with Crippen LogP contribution < -0.4 is 5.19 Å². The average Bonchev–Trinajstić information content (AvgIpc) is 3.18. The molecule has 1 heterocycles.